The van der Waals surface area contributed by atoms with Crippen molar-refractivity contribution in [3.63, 3.8) is 0 Å². The molecule has 0 saturated heterocycles. The second kappa shape index (κ2) is 13.6. The fraction of sp³-hybridized carbons (Fsp3) is 0.607. The van der Waals surface area contributed by atoms with Crippen LogP contribution < -0.4 is 10.6 Å². The van der Waals surface area contributed by atoms with Gasteiger partial charge in [-0.15, -0.1) is 6.42 Å². The zero-order chi connectivity index (χ0) is 26.9. The molecule has 1 fully saturated rings. The summed E-state index contributed by atoms with van der Waals surface area (Å²) in [5.41, 5.74) is 0.484. The van der Waals surface area contributed by atoms with Gasteiger partial charge in [0.05, 0.1) is 0 Å². The molecule has 0 heterocycles. The summed E-state index contributed by atoms with van der Waals surface area (Å²) in [5.74, 6) is 3.01. The van der Waals surface area contributed by atoms with E-state index in [0.717, 1.165) is 19.3 Å². The van der Waals surface area contributed by atoms with Crippen LogP contribution in [0.2, 0.25) is 0 Å². The van der Waals surface area contributed by atoms with E-state index in [1.807, 2.05) is 24.5 Å². The van der Waals surface area contributed by atoms with Crippen LogP contribution in [-0.4, -0.2) is 59.0 Å². The van der Waals surface area contributed by atoms with Crippen LogP contribution in [-0.2, 0) is 14.3 Å². The number of ether oxygens (including phenoxy) is 1. The van der Waals surface area contributed by atoms with Crippen molar-refractivity contribution in [3.05, 3.63) is 35.4 Å². The highest BCUT2D eigenvalue weighted by Crippen LogP contribution is 2.41. The molecule has 198 valence electrons. The molecule has 36 heavy (non-hydrogen) atoms. The molecule has 0 aromatic heterocycles. The lowest BCUT2D eigenvalue weighted by Crippen LogP contribution is -2.54. The van der Waals surface area contributed by atoms with E-state index in [9.17, 15) is 14.4 Å². The fourth-order valence-corrected chi connectivity index (χ4v) is 4.54. The summed E-state index contributed by atoms with van der Waals surface area (Å²) in [7, 11) is 0. The molecule has 4 unspecified atom stereocenters. The van der Waals surface area contributed by atoms with Crippen LogP contribution in [0.25, 0.3) is 0 Å². The number of hydrogen-bond donors (Lipinski definition) is 2. The Labute approximate surface area is 220 Å². The highest BCUT2D eigenvalue weighted by atomic mass is 32.2. The van der Waals surface area contributed by atoms with Crippen molar-refractivity contribution in [1.82, 2.24) is 15.5 Å². The van der Waals surface area contributed by atoms with Crippen LogP contribution in [0.1, 0.15) is 77.5 Å². The number of nitrogens with one attached hydrogen (secondary N) is 2. The van der Waals surface area contributed by atoms with E-state index >= 15 is 0 Å². The first kappa shape index (κ1) is 29.6. The molecule has 8 heteroatoms. The number of carbonyl (C=O) groups excluding carboxylic acids is 3. The molecule has 2 rings (SSSR count). The first-order chi connectivity index (χ1) is 17.0. The fourth-order valence-electron chi connectivity index (χ4n) is 4.06. The number of alkyl carbamates (subject to hydrolysis) is 1. The molecule has 1 saturated carbocycles. The summed E-state index contributed by atoms with van der Waals surface area (Å²) >= 11 is 1.59. The summed E-state index contributed by atoms with van der Waals surface area (Å²) < 4.78 is 5.44. The first-order valence-corrected chi connectivity index (χ1v) is 14.1. The van der Waals surface area contributed by atoms with Gasteiger partial charge < -0.3 is 20.3 Å². The van der Waals surface area contributed by atoms with E-state index in [0.29, 0.717) is 29.8 Å². The highest BCUT2D eigenvalue weighted by molar-refractivity contribution is 7.98. The minimum Gasteiger partial charge on any atom is -0.444 e. The lowest BCUT2D eigenvalue weighted by atomic mass is 9.97. The average Bonchev–Trinajstić information content (AvgIpc) is 3.54. The van der Waals surface area contributed by atoms with Crippen LogP contribution in [0.15, 0.2) is 24.3 Å². The summed E-state index contributed by atoms with van der Waals surface area (Å²) in [6, 6.07) is 5.39. The zero-order valence-electron chi connectivity index (χ0n) is 22.4. The van der Waals surface area contributed by atoms with E-state index in [1.54, 1.807) is 43.5 Å². The third kappa shape index (κ3) is 8.48. The van der Waals surface area contributed by atoms with Gasteiger partial charge in [0.15, 0.2) is 0 Å². The third-order valence-electron chi connectivity index (χ3n) is 6.05. The Morgan fingerprint density at radius 1 is 1.28 bits per heavy atom. The molecule has 4 atom stereocenters. The number of benzene rings is 1. The van der Waals surface area contributed by atoms with Gasteiger partial charge >= 0.3 is 6.09 Å². The number of thioether (sulfide) groups is 1. The maximum Gasteiger partial charge on any atom is 0.408 e. The molecule has 0 radical (unpaired) electrons. The normalized spacial score (nSPS) is 18.4. The highest BCUT2D eigenvalue weighted by Gasteiger charge is 2.48. The second-order valence-corrected chi connectivity index (χ2v) is 11.3. The predicted octanol–water partition coefficient (Wildman–Crippen LogP) is 4.51. The summed E-state index contributed by atoms with van der Waals surface area (Å²) in [5, 5.41) is 5.78. The number of unbranched alkanes of at least 4 members (excludes halogenated alkanes) is 1. The van der Waals surface area contributed by atoms with Crippen molar-refractivity contribution in [2.45, 2.75) is 84.0 Å². The van der Waals surface area contributed by atoms with Crippen molar-refractivity contribution in [2.75, 3.05) is 18.6 Å². The van der Waals surface area contributed by atoms with Crippen LogP contribution in [0.3, 0.4) is 0 Å². The lowest BCUT2D eigenvalue weighted by molar-refractivity contribution is -0.143. The van der Waals surface area contributed by atoms with Crippen LogP contribution >= 0.6 is 11.8 Å². The predicted molar refractivity (Wildman–Crippen MR) is 146 cm³/mol. The van der Waals surface area contributed by atoms with Crippen molar-refractivity contribution >= 4 is 29.7 Å². The quantitative estimate of drug-likeness (QED) is 0.316. The number of rotatable bonds is 12. The van der Waals surface area contributed by atoms with Crippen LogP contribution in [0.5, 0.6) is 0 Å². The first-order valence-electron chi connectivity index (χ1n) is 12.7. The molecule has 1 aromatic carbocycles. The van der Waals surface area contributed by atoms with E-state index in [1.165, 1.54) is 0 Å². The topological polar surface area (TPSA) is 87.7 Å². The summed E-state index contributed by atoms with van der Waals surface area (Å²) in [6.45, 7) is 9.95. The number of carbonyl (C=O) groups is 3. The second-order valence-electron chi connectivity index (χ2n) is 10.3. The summed E-state index contributed by atoms with van der Waals surface area (Å²) in [4.78, 5) is 42.1. The molecule has 3 amide bonds. The Morgan fingerprint density at radius 2 is 1.94 bits per heavy atom. The molecule has 1 aliphatic carbocycles. The van der Waals surface area contributed by atoms with Gasteiger partial charge in [-0.1, -0.05) is 44.4 Å². The van der Waals surface area contributed by atoms with Crippen LogP contribution in [0, 0.1) is 18.3 Å². The van der Waals surface area contributed by atoms with Gasteiger partial charge in [0.2, 0.25) is 11.8 Å². The molecule has 1 aromatic rings. The Balaban J connectivity index is 2.49. The Morgan fingerprint density at radius 3 is 2.50 bits per heavy atom. The smallest absolute Gasteiger partial charge is 0.408 e. The third-order valence-corrected chi connectivity index (χ3v) is 6.69. The molecule has 2 N–H and O–H groups in total. The Hall–Kier alpha value is -2.66. The molecule has 0 bridgehead atoms. The minimum atomic E-state index is -0.895. The van der Waals surface area contributed by atoms with E-state index < -0.39 is 23.8 Å². The molecule has 0 aliphatic heterocycles. The van der Waals surface area contributed by atoms with Gasteiger partial charge in [0.25, 0.3) is 0 Å². The number of hydrogen-bond acceptors (Lipinski definition) is 5. The van der Waals surface area contributed by atoms with Crippen LogP contribution in [0.4, 0.5) is 4.79 Å². The van der Waals surface area contributed by atoms with Gasteiger partial charge in [-0.25, -0.2) is 4.79 Å². The van der Waals surface area contributed by atoms with E-state index in [4.69, 9.17) is 11.2 Å². The lowest BCUT2D eigenvalue weighted by Gasteiger charge is -2.35. The van der Waals surface area contributed by atoms with Crippen molar-refractivity contribution in [2.24, 2.45) is 5.92 Å². The van der Waals surface area contributed by atoms with Gasteiger partial charge in [-0.05, 0) is 69.6 Å². The molecular weight excluding hydrogens is 474 g/mol. The van der Waals surface area contributed by atoms with Gasteiger partial charge in [-0.2, -0.15) is 11.8 Å². The van der Waals surface area contributed by atoms with Gasteiger partial charge in [0.1, 0.15) is 17.7 Å². The Bertz CT molecular complexity index is 953. The average molecular weight is 516 g/mol. The zero-order valence-corrected chi connectivity index (χ0v) is 23.2. The Kier molecular flexibility index (Phi) is 11.2. The maximum atomic E-state index is 14.1. The summed E-state index contributed by atoms with van der Waals surface area (Å²) in [6.07, 6.45) is 10.1. The van der Waals surface area contributed by atoms with E-state index in [2.05, 4.69) is 30.4 Å². The SMILES string of the molecule is C#Cc1ccccc1C(C(=O)NCCCC)N(C(=O)C(CCSC)NC(=O)OC(C)(C)C)C1CC1C. The molecular formula is C28H41N3O4S. The van der Waals surface area contributed by atoms with Crippen molar-refractivity contribution in [3.8, 4) is 12.3 Å². The number of terminal acetylenes is 1. The van der Waals surface area contributed by atoms with Crippen molar-refractivity contribution < 1.29 is 19.1 Å². The number of nitrogens with zero attached hydrogens (tertiary/aromatic N) is 1. The van der Waals surface area contributed by atoms with Gasteiger partial charge in [0, 0.05) is 18.2 Å². The van der Waals surface area contributed by atoms with Gasteiger partial charge in [-0.3, -0.25) is 9.59 Å². The standard InChI is InChI=1S/C28H41N3O4S/c1-8-10-16-29-25(32)24(21-14-12-11-13-20(21)9-2)31(23-18-19(23)3)26(33)22(15-17-36-7)30-27(34)35-28(4,5)6/h2,11-14,19,22-24H,8,10,15-18H2,1,3-7H3,(H,29,32)(H,30,34). The van der Waals surface area contributed by atoms with Crippen molar-refractivity contribution in [1.29, 1.82) is 0 Å². The largest absolute Gasteiger partial charge is 0.444 e. The maximum absolute atomic E-state index is 14.1. The minimum absolute atomic E-state index is 0.123. The van der Waals surface area contributed by atoms with E-state index in [-0.39, 0.29) is 23.8 Å². The molecule has 7 nitrogen and oxygen atoms in total. The monoisotopic (exact) mass is 515 g/mol. The number of amides is 3. The molecule has 0 spiro atoms. The molecule has 1 aliphatic rings.